The van der Waals surface area contributed by atoms with Crippen LogP contribution in [0.2, 0.25) is 0 Å². The number of likely N-dealkylation sites (tertiary alicyclic amines) is 2. The highest BCUT2D eigenvalue weighted by atomic mass is 32.1. The van der Waals surface area contributed by atoms with Crippen LogP contribution in [-0.4, -0.2) is 73.4 Å². The summed E-state index contributed by atoms with van der Waals surface area (Å²) < 4.78 is 3.56. The number of fused-ring (bicyclic) bond motifs is 2. The van der Waals surface area contributed by atoms with Crippen molar-refractivity contribution in [1.29, 1.82) is 0 Å². The maximum Gasteiger partial charge on any atom is 0.258 e. The van der Waals surface area contributed by atoms with E-state index in [9.17, 15) is 9.90 Å². The normalized spacial score (nSPS) is 25.2. The van der Waals surface area contributed by atoms with Crippen molar-refractivity contribution >= 4 is 16.3 Å². The fourth-order valence-corrected chi connectivity index (χ4v) is 5.74. The second-order valence-electron chi connectivity index (χ2n) is 8.39. The maximum atomic E-state index is 12.2. The highest BCUT2D eigenvalue weighted by Crippen LogP contribution is 2.42. The van der Waals surface area contributed by atoms with Crippen LogP contribution in [0.5, 0.6) is 0 Å². The van der Waals surface area contributed by atoms with Gasteiger partial charge in [-0.1, -0.05) is 0 Å². The molecule has 0 spiro atoms. The van der Waals surface area contributed by atoms with Gasteiger partial charge in [-0.05, 0) is 24.9 Å². The van der Waals surface area contributed by atoms with Gasteiger partial charge in [0.1, 0.15) is 0 Å². The molecule has 2 aliphatic rings. The van der Waals surface area contributed by atoms with Crippen LogP contribution in [0.25, 0.3) is 4.96 Å². The summed E-state index contributed by atoms with van der Waals surface area (Å²) >= 11 is 1.48. The number of hydrogen-bond donors (Lipinski definition) is 1. The maximum absolute atomic E-state index is 12.2. The Hall–Kier alpha value is -2.07. The monoisotopic (exact) mass is 414 g/mol. The summed E-state index contributed by atoms with van der Waals surface area (Å²) in [7, 11) is 0. The van der Waals surface area contributed by atoms with E-state index in [0.29, 0.717) is 12.5 Å². The van der Waals surface area contributed by atoms with Crippen molar-refractivity contribution in [2.24, 2.45) is 11.3 Å². The average molecular weight is 415 g/mol. The molecule has 154 valence electrons. The number of nitrogens with zero attached hydrogens (tertiary/aromatic N) is 6. The van der Waals surface area contributed by atoms with Crippen LogP contribution >= 0.6 is 11.3 Å². The molecule has 5 heterocycles. The summed E-state index contributed by atoms with van der Waals surface area (Å²) in [5.74, 6) is 0.462. The number of aliphatic hydroxyl groups is 1. The minimum atomic E-state index is -0.0617. The van der Waals surface area contributed by atoms with Gasteiger partial charge in [-0.3, -0.25) is 18.8 Å². The lowest BCUT2D eigenvalue weighted by Gasteiger charge is -2.27. The minimum Gasteiger partial charge on any atom is -0.396 e. The Morgan fingerprint density at radius 2 is 2.07 bits per heavy atom. The van der Waals surface area contributed by atoms with E-state index in [0.717, 1.165) is 56.3 Å². The number of aryl methyl sites for hydroxylation is 1. The Labute approximate surface area is 173 Å². The Morgan fingerprint density at radius 1 is 1.21 bits per heavy atom. The first-order valence-corrected chi connectivity index (χ1v) is 11.0. The van der Waals surface area contributed by atoms with Gasteiger partial charge in [-0.15, -0.1) is 11.3 Å². The summed E-state index contributed by atoms with van der Waals surface area (Å²) in [6.45, 7) is 6.60. The molecule has 5 rings (SSSR count). The molecule has 3 aromatic heterocycles. The van der Waals surface area contributed by atoms with Gasteiger partial charge in [0.2, 0.25) is 0 Å². The van der Waals surface area contributed by atoms with E-state index in [1.165, 1.54) is 11.3 Å². The van der Waals surface area contributed by atoms with E-state index in [-0.39, 0.29) is 17.6 Å². The zero-order valence-electron chi connectivity index (χ0n) is 16.4. The molecule has 8 nitrogen and oxygen atoms in total. The van der Waals surface area contributed by atoms with Gasteiger partial charge in [0.25, 0.3) is 5.56 Å². The predicted molar refractivity (Wildman–Crippen MR) is 111 cm³/mol. The molecule has 3 aromatic rings. The molecule has 0 amide bonds. The van der Waals surface area contributed by atoms with Gasteiger partial charge in [0.05, 0.1) is 12.3 Å². The van der Waals surface area contributed by atoms with Gasteiger partial charge >= 0.3 is 0 Å². The number of hydrogen-bond acceptors (Lipinski definition) is 7. The Kier molecular flexibility index (Phi) is 4.99. The van der Waals surface area contributed by atoms with Crippen molar-refractivity contribution in [3.63, 3.8) is 0 Å². The van der Waals surface area contributed by atoms with Gasteiger partial charge in [0.15, 0.2) is 4.96 Å². The molecular formula is C20H26N6O2S. The van der Waals surface area contributed by atoms with E-state index in [4.69, 9.17) is 0 Å². The molecule has 0 aliphatic carbocycles. The van der Waals surface area contributed by atoms with Crippen molar-refractivity contribution in [2.75, 3.05) is 39.3 Å². The topological polar surface area (TPSA) is 78.9 Å². The third-order valence-corrected chi connectivity index (χ3v) is 7.13. The van der Waals surface area contributed by atoms with Crippen molar-refractivity contribution in [1.82, 2.24) is 29.0 Å². The van der Waals surface area contributed by atoms with Crippen LogP contribution in [-0.2, 0) is 13.1 Å². The second-order valence-corrected chi connectivity index (χ2v) is 9.26. The van der Waals surface area contributed by atoms with Crippen LogP contribution in [0.1, 0.15) is 12.1 Å². The first-order valence-electron chi connectivity index (χ1n) is 10.1. The van der Waals surface area contributed by atoms with Gasteiger partial charge in [0, 0.05) is 74.7 Å². The van der Waals surface area contributed by atoms with Crippen molar-refractivity contribution in [3.05, 3.63) is 52.2 Å². The lowest BCUT2D eigenvalue weighted by molar-refractivity contribution is 0.111. The third kappa shape index (κ3) is 3.63. The molecule has 2 aliphatic heterocycles. The number of aliphatic hydroxyl groups excluding tert-OH is 1. The molecule has 9 heteroatoms. The van der Waals surface area contributed by atoms with E-state index >= 15 is 0 Å². The van der Waals surface area contributed by atoms with Crippen LogP contribution in [0.3, 0.4) is 0 Å². The molecule has 2 saturated heterocycles. The minimum absolute atomic E-state index is 0.0223. The summed E-state index contributed by atoms with van der Waals surface area (Å²) in [4.78, 5) is 22.5. The van der Waals surface area contributed by atoms with Crippen LogP contribution in [0, 0.1) is 11.3 Å². The quantitative estimate of drug-likeness (QED) is 0.615. The first kappa shape index (κ1) is 18.9. The summed E-state index contributed by atoms with van der Waals surface area (Å²) in [5, 5.41) is 16.4. The summed E-state index contributed by atoms with van der Waals surface area (Å²) in [5.41, 5.74) is 0.737. The predicted octanol–water partition coefficient (Wildman–Crippen LogP) is 0.769. The zero-order valence-corrected chi connectivity index (χ0v) is 17.2. The lowest BCUT2D eigenvalue weighted by Crippen LogP contribution is -2.37. The summed E-state index contributed by atoms with van der Waals surface area (Å²) in [6, 6.07) is 3.59. The zero-order chi connectivity index (χ0) is 19.8. The Balaban J connectivity index is 1.20. The fraction of sp³-hybridized carbons (Fsp3) is 0.550. The van der Waals surface area contributed by atoms with Crippen LogP contribution < -0.4 is 5.56 Å². The molecule has 0 aromatic carbocycles. The van der Waals surface area contributed by atoms with E-state index in [1.807, 2.05) is 28.5 Å². The van der Waals surface area contributed by atoms with Crippen LogP contribution in [0.4, 0.5) is 0 Å². The summed E-state index contributed by atoms with van der Waals surface area (Å²) in [6.07, 6.45) is 6.64. The van der Waals surface area contributed by atoms with Gasteiger partial charge < -0.3 is 10.0 Å². The largest absolute Gasteiger partial charge is 0.396 e. The molecule has 1 N–H and O–H groups in total. The van der Waals surface area contributed by atoms with E-state index in [1.54, 1.807) is 16.7 Å². The number of thiazole rings is 1. The number of rotatable bonds is 7. The molecule has 2 unspecified atom stereocenters. The second kappa shape index (κ2) is 7.64. The molecule has 0 radical (unpaired) electrons. The highest BCUT2D eigenvalue weighted by Gasteiger charge is 2.51. The lowest BCUT2D eigenvalue weighted by atomic mass is 9.82. The van der Waals surface area contributed by atoms with Crippen molar-refractivity contribution in [2.45, 2.75) is 19.5 Å². The molecule has 0 bridgehead atoms. The standard InChI is InChI=1S/C20H26N6O2S/c27-15-20-13-23(4-2-6-25-5-1-3-21-25)10-16(20)11-24(14-20)12-17-9-18(28)26-7-8-29-19(26)22-17/h1,3,5,7-9,16,27H,2,4,6,10-15H2. The smallest absolute Gasteiger partial charge is 0.258 e. The molecule has 2 atom stereocenters. The number of aromatic nitrogens is 4. The molecule has 2 fully saturated rings. The third-order valence-electron chi connectivity index (χ3n) is 6.38. The Morgan fingerprint density at radius 3 is 2.86 bits per heavy atom. The van der Waals surface area contributed by atoms with E-state index < -0.39 is 0 Å². The van der Waals surface area contributed by atoms with Crippen LogP contribution in [0.15, 0.2) is 40.9 Å². The first-order chi connectivity index (χ1) is 14.1. The molecule has 0 saturated carbocycles. The Bertz CT molecular complexity index is 1030. The SMILES string of the molecule is O=c1cc(CN2CC3CN(CCCn4cccn4)CC3(CO)C2)nc2sccn12. The van der Waals surface area contributed by atoms with Gasteiger partial charge in [-0.25, -0.2) is 4.98 Å². The average Bonchev–Trinajstić information content (AvgIpc) is 3.45. The van der Waals surface area contributed by atoms with Gasteiger partial charge in [-0.2, -0.15) is 5.10 Å². The molecular weight excluding hydrogens is 388 g/mol. The fourth-order valence-electron chi connectivity index (χ4n) is 5.00. The highest BCUT2D eigenvalue weighted by molar-refractivity contribution is 7.15. The van der Waals surface area contributed by atoms with Crippen molar-refractivity contribution in [3.8, 4) is 0 Å². The van der Waals surface area contributed by atoms with E-state index in [2.05, 4.69) is 19.9 Å². The molecule has 29 heavy (non-hydrogen) atoms. The van der Waals surface area contributed by atoms with Crippen molar-refractivity contribution < 1.29 is 5.11 Å².